The molecule has 11 heavy (non-hydrogen) atoms. The number of hydrogen-bond donors (Lipinski definition) is 0. The van der Waals surface area contributed by atoms with Crippen LogP contribution >= 0.6 is 0 Å². The van der Waals surface area contributed by atoms with Gasteiger partial charge in [0, 0.05) is 12.8 Å². The highest BCUT2D eigenvalue weighted by Gasteiger charge is 2.14. The third-order valence-corrected chi connectivity index (χ3v) is 1.74. The molecule has 0 heterocycles. The van der Waals surface area contributed by atoms with Gasteiger partial charge in [-0.25, -0.2) is 0 Å². The normalized spacial score (nSPS) is 22.3. The van der Waals surface area contributed by atoms with Gasteiger partial charge in [-0.05, 0) is 6.42 Å². The summed E-state index contributed by atoms with van der Waals surface area (Å²) in [7, 11) is 0. The molecule has 0 N–H and O–H groups in total. The largest absolute Gasteiger partial charge is 0.465 e. The molecule has 1 unspecified atom stereocenters. The summed E-state index contributed by atoms with van der Waals surface area (Å²) in [6, 6.07) is 0. The summed E-state index contributed by atoms with van der Waals surface area (Å²) in [5, 5.41) is 0. The molecule has 1 atom stereocenters. The lowest BCUT2D eigenvalue weighted by molar-refractivity contribution is -0.141. The van der Waals surface area contributed by atoms with Crippen LogP contribution in [-0.2, 0) is 9.53 Å². The predicted octanol–water partition coefficient (Wildman–Crippen LogP) is 1.68. The van der Waals surface area contributed by atoms with Crippen molar-refractivity contribution in [2.24, 2.45) is 5.92 Å². The average Bonchev–Trinajstić information content (AvgIpc) is 2.31. The lowest BCUT2D eigenvalue weighted by Gasteiger charge is -2.08. The molecule has 0 aromatic rings. The van der Waals surface area contributed by atoms with E-state index in [1.165, 1.54) is 6.92 Å². The van der Waals surface area contributed by atoms with E-state index in [4.69, 9.17) is 4.74 Å². The topological polar surface area (TPSA) is 26.3 Å². The number of carbonyl (C=O) groups excluding carboxylic acids is 1. The van der Waals surface area contributed by atoms with Crippen LogP contribution in [0.3, 0.4) is 0 Å². The number of ether oxygens (including phenoxy) is 1. The van der Waals surface area contributed by atoms with Gasteiger partial charge in [0.05, 0.1) is 0 Å². The quantitative estimate of drug-likeness (QED) is 0.444. The summed E-state index contributed by atoms with van der Waals surface area (Å²) < 4.78 is 4.85. The second-order valence-electron chi connectivity index (χ2n) is 2.70. The lowest BCUT2D eigenvalue weighted by Crippen LogP contribution is -2.09. The van der Waals surface area contributed by atoms with E-state index in [-0.39, 0.29) is 11.9 Å². The smallest absolute Gasteiger partial charge is 0.302 e. The maximum atomic E-state index is 10.4. The first kappa shape index (κ1) is 8.05. The lowest BCUT2D eigenvalue weighted by atomic mass is 10.1. The Morgan fingerprint density at radius 1 is 1.91 bits per heavy atom. The molecule has 0 aromatic heterocycles. The summed E-state index contributed by atoms with van der Waals surface area (Å²) >= 11 is 0. The minimum Gasteiger partial charge on any atom is -0.465 e. The first-order valence-corrected chi connectivity index (χ1v) is 3.68. The maximum absolute atomic E-state index is 10.4. The Balaban J connectivity index is 2.31. The molecule has 1 aliphatic carbocycles. The van der Waals surface area contributed by atoms with Crippen molar-refractivity contribution in [3.05, 3.63) is 24.3 Å². The maximum Gasteiger partial charge on any atom is 0.302 e. The fraction of sp³-hybridized carbons (Fsp3) is 0.444. The number of esters is 1. The fourth-order valence-electron chi connectivity index (χ4n) is 1.05. The van der Waals surface area contributed by atoms with E-state index in [0.717, 1.165) is 12.0 Å². The van der Waals surface area contributed by atoms with E-state index in [1.807, 2.05) is 6.08 Å². The fourth-order valence-corrected chi connectivity index (χ4v) is 1.05. The van der Waals surface area contributed by atoms with Crippen LogP contribution in [0.5, 0.6) is 0 Å². The van der Waals surface area contributed by atoms with Gasteiger partial charge in [0.25, 0.3) is 0 Å². The Labute approximate surface area is 66.5 Å². The van der Waals surface area contributed by atoms with Gasteiger partial charge in [0.1, 0.15) is 6.61 Å². The molecule has 60 valence electrons. The van der Waals surface area contributed by atoms with Crippen LogP contribution in [0.2, 0.25) is 0 Å². The van der Waals surface area contributed by atoms with Gasteiger partial charge in [0.2, 0.25) is 0 Å². The van der Waals surface area contributed by atoms with E-state index >= 15 is 0 Å². The first-order valence-electron chi connectivity index (χ1n) is 3.68. The van der Waals surface area contributed by atoms with Crippen molar-refractivity contribution in [3.8, 4) is 0 Å². The summed E-state index contributed by atoms with van der Waals surface area (Å²) in [4.78, 5) is 10.4. The minimum absolute atomic E-state index is 0.224. The zero-order valence-corrected chi connectivity index (χ0v) is 6.67. The van der Waals surface area contributed by atoms with Crippen LogP contribution in [-0.4, -0.2) is 12.6 Å². The van der Waals surface area contributed by atoms with E-state index in [9.17, 15) is 4.79 Å². The average molecular weight is 152 g/mol. The van der Waals surface area contributed by atoms with Gasteiger partial charge in [0.15, 0.2) is 0 Å². The molecule has 1 aliphatic rings. The van der Waals surface area contributed by atoms with Gasteiger partial charge < -0.3 is 4.74 Å². The van der Waals surface area contributed by atoms with Crippen LogP contribution < -0.4 is 0 Å². The van der Waals surface area contributed by atoms with E-state index in [2.05, 4.69) is 12.7 Å². The molecule has 0 fully saturated rings. The molecule has 2 heteroatoms. The minimum atomic E-state index is -0.224. The highest BCUT2D eigenvalue weighted by Crippen LogP contribution is 2.22. The van der Waals surface area contributed by atoms with Gasteiger partial charge in [-0.3, -0.25) is 4.79 Å². The number of rotatable bonds is 2. The standard InChI is InChI=1S/C9H12O2/c1-7-4-3-5-9(7)6-11-8(2)10/h3,5,9H,1,4,6H2,2H3. The molecule has 0 spiro atoms. The van der Waals surface area contributed by atoms with Crippen molar-refractivity contribution in [2.45, 2.75) is 13.3 Å². The zero-order valence-electron chi connectivity index (χ0n) is 6.67. The highest BCUT2D eigenvalue weighted by molar-refractivity contribution is 5.65. The molecule has 1 rings (SSSR count). The third kappa shape index (κ3) is 2.22. The van der Waals surface area contributed by atoms with Crippen LogP contribution in [0, 0.1) is 5.92 Å². The molecule has 0 bridgehead atoms. The molecule has 0 amide bonds. The number of carbonyl (C=O) groups is 1. The van der Waals surface area contributed by atoms with Gasteiger partial charge in [-0.15, -0.1) is 0 Å². The van der Waals surface area contributed by atoms with E-state index in [0.29, 0.717) is 6.61 Å². The Morgan fingerprint density at radius 3 is 3.09 bits per heavy atom. The SMILES string of the molecule is C=C1CC=CC1COC(C)=O. The van der Waals surface area contributed by atoms with Crippen molar-refractivity contribution < 1.29 is 9.53 Å². The van der Waals surface area contributed by atoms with Crippen LogP contribution in [0.25, 0.3) is 0 Å². The highest BCUT2D eigenvalue weighted by atomic mass is 16.5. The van der Waals surface area contributed by atoms with Crippen LogP contribution in [0.4, 0.5) is 0 Å². The van der Waals surface area contributed by atoms with Crippen molar-refractivity contribution >= 4 is 5.97 Å². The molecular weight excluding hydrogens is 140 g/mol. The third-order valence-electron chi connectivity index (χ3n) is 1.74. The van der Waals surface area contributed by atoms with Crippen LogP contribution in [0.1, 0.15) is 13.3 Å². The zero-order chi connectivity index (χ0) is 8.27. The molecule has 0 radical (unpaired) electrons. The molecule has 0 saturated carbocycles. The summed E-state index contributed by atoms with van der Waals surface area (Å²) in [6.07, 6.45) is 5.01. The van der Waals surface area contributed by atoms with Crippen molar-refractivity contribution in [1.29, 1.82) is 0 Å². The number of hydrogen-bond acceptors (Lipinski definition) is 2. The van der Waals surface area contributed by atoms with Crippen molar-refractivity contribution in [1.82, 2.24) is 0 Å². The molecular formula is C9H12O2. The summed E-state index contributed by atoms with van der Waals surface area (Å²) in [6.45, 7) is 5.73. The second-order valence-corrected chi connectivity index (χ2v) is 2.70. The Kier molecular flexibility index (Phi) is 2.47. The van der Waals surface area contributed by atoms with Crippen molar-refractivity contribution in [2.75, 3.05) is 6.61 Å². The monoisotopic (exact) mass is 152 g/mol. The Hall–Kier alpha value is -1.05. The van der Waals surface area contributed by atoms with E-state index < -0.39 is 0 Å². The molecule has 0 aliphatic heterocycles. The Morgan fingerprint density at radius 2 is 2.64 bits per heavy atom. The summed E-state index contributed by atoms with van der Waals surface area (Å²) in [5.41, 5.74) is 1.13. The molecule has 0 aromatic carbocycles. The second kappa shape index (κ2) is 3.37. The van der Waals surface area contributed by atoms with Crippen molar-refractivity contribution in [3.63, 3.8) is 0 Å². The first-order chi connectivity index (χ1) is 5.20. The molecule has 2 nitrogen and oxygen atoms in total. The van der Waals surface area contributed by atoms with Gasteiger partial charge in [-0.1, -0.05) is 24.3 Å². The Bertz CT molecular complexity index is 204. The predicted molar refractivity (Wildman–Crippen MR) is 43.0 cm³/mol. The van der Waals surface area contributed by atoms with E-state index in [1.54, 1.807) is 0 Å². The van der Waals surface area contributed by atoms with Gasteiger partial charge >= 0.3 is 5.97 Å². The van der Waals surface area contributed by atoms with Gasteiger partial charge in [-0.2, -0.15) is 0 Å². The summed E-state index contributed by atoms with van der Waals surface area (Å²) in [5.74, 6) is 0.0250. The van der Waals surface area contributed by atoms with Crippen LogP contribution in [0.15, 0.2) is 24.3 Å². The number of allylic oxidation sites excluding steroid dienone is 1. The molecule has 0 saturated heterocycles.